The maximum atomic E-state index is 4.92. The minimum absolute atomic E-state index is 0.756. The zero-order chi connectivity index (χ0) is 10.8. The standard InChI is InChI=1S/C10H18N4O/c1-15-5-4-11-2-3-12-6-10-7-13-9-14-8-10/h7-9,11-12H,2-6H2,1H3. The molecule has 84 valence electrons. The molecule has 5 heteroatoms. The average molecular weight is 210 g/mol. The third kappa shape index (κ3) is 6.11. The second-order valence-corrected chi connectivity index (χ2v) is 3.17. The van der Waals surface area contributed by atoms with Crippen molar-refractivity contribution in [1.82, 2.24) is 20.6 Å². The molecule has 0 atom stereocenters. The highest BCUT2D eigenvalue weighted by Crippen LogP contribution is 1.90. The van der Waals surface area contributed by atoms with Gasteiger partial charge in [-0.15, -0.1) is 0 Å². The molecule has 0 aromatic carbocycles. The van der Waals surface area contributed by atoms with E-state index in [9.17, 15) is 0 Å². The Kier molecular flexibility index (Phi) is 6.64. The summed E-state index contributed by atoms with van der Waals surface area (Å²) in [4.78, 5) is 7.88. The quantitative estimate of drug-likeness (QED) is 0.582. The first-order valence-corrected chi connectivity index (χ1v) is 5.07. The number of nitrogens with one attached hydrogen (secondary N) is 2. The molecule has 0 saturated heterocycles. The molecular formula is C10H18N4O. The van der Waals surface area contributed by atoms with Gasteiger partial charge >= 0.3 is 0 Å². The van der Waals surface area contributed by atoms with Crippen molar-refractivity contribution in [3.8, 4) is 0 Å². The van der Waals surface area contributed by atoms with Crippen molar-refractivity contribution < 1.29 is 4.74 Å². The van der Waals surface area contributed by atoms with Crippen LogP contribution in [0.4, 0.5) is 0 Å². The number of hydrogen-bond donors (Lipinski definition) is 2. The summed E-state index contributed by atoms with van der Waals surface area (Å²) in [6, 6.07) is 0. The van der Waals surface area contributed by atoms with Gasteiger partial charge in [0.15, 0.2) is 0 Å². The van der Waals surface area contributed by atoms with Crippen LogP contribution < -0.4 is 10.6 Å². The van der Waals surface area contributed by atoms with Crippen LogP contribution in [0, 0.1) is 0 Å². The predicted octanol–water partition coefficient (Wildman–Crippen LogP) is -0.198. The normalized spacial score (nSPS) is 10.5. The topological polar surface area (TPSA) is 59.1 Å². The summed E-state index contributed by atoms with van der Waals surface area (Å²) in [5.41, 5.74) is 1.11. The fraction of sp³-hybridized carbons (Fsp3) is 0.600. The van der Waals surface area contributed by atoms with Crippen molar-refractivity contribution in [3.63, 3.8) is 0 Å². The first kappa shape index (κ1) is 12.0. The molecule has 0 saturated carbocycles. The van der Waals surface area contributed by atoms with Crippen LogP contribution in [0.25, 0.3) is 0 Å². The van der Waals surface area contributed by atoms with Crippen LogP contribution in [0.2, 0.25) is 0 Å². The van der Waals surface area contributed by atoms with E-state index in [0.717, 1.165) is 38.3 Å². The zero-order valence-corrected chi connectivity index (χ0v) is 9.07. The summed E-state index contributed by atoms with van der Waals surface area (Å²) in [7, 11) is 1.70. The van der Waals surface area contributed by atoms with E-state index >= 15 is 0 Å². The molecule has 15 heavy (non-hydrogen) atoms. The molecule has 0 aliphatic rings. The summed E-state index contributed by atoms with van der Waals surface area (Å²) >= 11 is 0. The summed E-state index contributed by atoms with van der Waals surface area (Å²) in [6.07, 6.45) is 5.17. The van der Waals surface area contributed by atoms with Crippen molar-refractivity contribution in [1.29, 1.82) is 0 Å². The summed E-state index contributed by atoms with van der Waals surface area (Å²) in [5.74, 6) is 0. The van der Waals surface area contributed by atoms with Crippen LogP contribution in [-0.4, -0.2) is 43.3 Å². The maximum Gasteiger partial charge on any atom is 0.115 e. The smallest absolute Gasteiger partial charge is 0.115 e. The van der Waals surface area contributed by atoms with Crippen molar-refractivity contribution in [2.45, 2.75) is 6.54 Å². The average Bonchev–Trinajstić information content (AvgIpc) is 2.29. The molecule has 2 N–H and O–H groups in total. The molecule has 5 nitrogen and oxygen atoms in total. The monoisotopic (exact) mass is 210 g/mol. The molecule has 0 fully saturated rings. The summed E-state index contributed by atoms with van der Waals surface area (Å²) in [6.45, 7) is 4.33. The van der Waals surface area contributed by atoms with Crippen molar-refractivity contribution >= 4 is 0 Å². The SMILES string of the molecule is COCCNCCNCc1cncnc1. The Bertz CT molecular complexity index is 242. The third-order valence-corrected chi connectivity index (χ3v) is 1.90. The Morgan fingerprint density at radius 1 is 1.13 bits per heavy atom. The van der Waals surface area contributed by atoms with Gasteiger partial charge in [0.05, 0.1) is 6.61 Å². The number of nitrogens with zero attached hydrogens (tertiary/aromatic N) is 2. The van der Waals surface area contributed by atoms with E-state index in [2.05, 4.69) is 20.6 Å². The first-order valence-electron chi connectivity index (χ1n) is 5.07. The molecular weight excluding hydrogens is 192 g/mol. The van der Waals surface area contributed by atoms with Crippen LogP contribution in [-0.2, 0) is 11.3 Å². The summed E-state index contributed by atoms with van der Waals surface area (Å²) < 4.78 is 4.92. The van der Waals surface area contributed by atoms with Crippen LogP contribution in [0.15, 0.2) is 18.7 Å². The lowest BCUT2D eigenvalue weighted by molar-refractivity contribution is 0.199. The maximum absolute atomic E-state index is 4.92. The molecule has 1 aromatic rings. The highest BCUT2D eigenvalue weighted by atomic mass is 16.5. The van der Waals surface area contributed by atoms with E-state index in [-0.39, 0.29) is 0 Å². The van der Waals surface area contributed by atoms with Gasteiger partial charge in [0, 0.05) is 51.2 Å². The fourth-order valence-electron chi connectivity index (χ4n) is 1.13. The lowest BCUT2D eigenvalue weighted by Gasteiger charge is -2.05. The van der Waals surface area contributed by atoms with E-state index in [4.69, 9.17) is 4.74 Å². The molecule has 0 spiro atoms. The number of methoxy groups -OCH3 is 1. The van der Waals surface area contributed by atoms with Gasteiger partial charge in [-0.3, -0.25) is 0 Å². The molecule has 0 radical (unpaired) electrons. The molecule has 0 amide bonds. The Labute approximate surface area is 90.3 Å². The number of rotatable bonds is 8. The molecule has 0 aliphatic carbocycles. The van der Waals surface area contributed by atoms with Gasteiger partial charge in [-0.25, -0.2) is 9.97 Å². The second-order valence-electron chi connectivity index (χ2n) is 3.17. The van der Waals surface area contributed by atoms with E-state index < -0.39 is 0 Å². The van der Waals surface area contributed by atoms with Gasteiger partial charge in [-0.05, 0) is 0 Å². The lowest BCUT2D eigenvalue weighted by atomic mass is 10.3. The Morgan fingerprint density at radius 2 is 1.87 bits per heavy atom. The molecule has 0 aliphatic heterocycles. The largest absolute Gasteiger partial charge is 0.383 e. The van der Waals surface area contributed by atoms with E-state index in [1.165, 1.54) is 6.33 Å². The van der Waals surface area contributed by atoms with E-state index in [1.807, 2.05) is 12.4 Å². The van der Waals surface area contributed by atoms with Crippen LogP contribution in [0.1, 0.15) is 5.56 Å². The van der Waals surface area contributed by atoms with Crippen LogP contribution >= 0.6 is 0 Å². The Morgan fingerprint density at radius 3 is 2.60 bits per heavy atom. The minimum Gasteiger partial charge on any atom is -0.383 e. The molecule has 1 aromatic heterocycles. The summed E-state index contributed by atoms with van der Waals surface area (Å²) in [5, 5.41) is 6.55. The number of hydrogen-bond acceptors (Lipinski definition) is 5. The molecule has 0 unspecified atom stereocenters. The molecule has 1 heterocycles. The van der Waals surface area contributed by atoms with Crippen molar-refractivity contribution in [2.75, 3.05) is 33.4 Å². The highest BCUT2D eigenvalue weighted by molar-refractivity contribution is 5.01. The van der Waals surface area contributed by atoms with Crippen LogP contribution in [0.5, 0.6) is 0 Å². The zero-order valence-electron chi connectivity index (χ0n) is 9.07. The van der Waals surface area contributed by atoms with Gasteiger partial charge in [0.1, 0.15) is 6.33 Å². The third-order valence-electron chi connectivity index (χ3n) is 1.90. The van der Waals surface area contributed by atoms with Gasteiger partial charge in [0.2, 0.25) is 0 Å². The van der Waals surface area contributed by atoms with E-state index in [0.29, 0.717) is 0 Å². The Hall–Kier alpha value is -1.04. The number of ether oxygens (including phenoxy) is 1. The number of aromatic nitrogens is 2. The molecule has 0 bridgehead atoms. The first-order chi connectivity index (χ1) is 7.43. The van der Waals surface area contributed by atoms with Crippen molar-refractivity contribution in [3.05, 3.63) is 24.3 Å². The van der Waals surface area contributed by atoms with E-state index in [1.54, 1.807) is 7.11 Å². The molecule has 1 rings (SSSR count). The van der Waals surface area contributed by atoms with Crippen LogP contribution in [0.3, 0.4) is 0 Å². The minimum atomic E-state index is 0.756. The van der Waals surface area contributed by atoms with Crippen molar-refractivity contribution in [2.24, 2.45) is 0 Å². The van der Waals surface area contributed by atoms with Gasteiger partial charge < -0.3 is 15.4 Å². The van der Waals surface area contributed by atoms with Gasteiger partial charge in [-0.2, -0.15) is 0 Å². The van der Waals surface area contributed by atoms with Gasteiger partial charge in [0.25, 0.3) is 0 Å². The predicted molar refractivity (Wildman–Crippen MR) is 58.5 cm³/mol. The highest BCUT2D eigenvalue weighted by Gasteiger charge is 1.91. The fourth-order valence-corrected chi connectivity index (χ4v) is 1.13. The van der Waals surface area contributed by atoms with Gasteiger partial charge in [-0.1, -0.05) is 0 Å². The Balaban J connectivity index is 1.93. The second kappa shape index (κ2) is 8.28. The lowest BCUT2D eigenvalue weighted by Crippen LogP contribution is -2.29.